The molecular formula is C15H25ClN2O3. The predicted molar refractivity (Wildman–Crippen MR) is 83.5 cm³/mol. The largest absolute Gasteiger partial charge is 0.467 e. The molecule has 0 spiro atoms. The number of rotatable bonds is 4. The minimum Gasteiger partial charge on any atom is -0.467 e. The van der Waals surface area contributed by atoms with E-state index in [0.29, 0.717) is 17.9 Å². The Hall–Kier alpha value is -1.04. The van der Waals surface area contributed by atoms with E-state index < -0.39 is 0 Å². The van der Waals surface area contributed by atoms with Crippen molar-refractivity contribution in [3.8, 4) is 0 Å². The third kappa shape index (κ3) is 2.70. The van der Waals surface area contributed by atoms with Gasteiger partial charge in [-0.1, -0.05) is 13.8 Å². The Kier molecular flexibility index (Phi) is 5.13. The Morgan fingerprint density at radius 1 is 1.52 bits per heavy atom. The van der Waals surface area contributed by atoms with Crippen LogP contribution in [0, 0.1) is 5.41 Å². The van der Waals surface area contributed by atoms with Crippen molar-refractivity contribution < 1.29 is 13.9 Å². The van der Waals surface area contributed by atoms with Gasteiger partial charge in [0.05, 0.1) is 17.7 Å². The Morgan fingerprint density at radius 3 is 2.57 bits per heavy atom. The van der Waals surface area contributed by atoms with Gasteiger partial charge in [-0.25, -0.2) is 0 Å². The second-order valence-corrected chi connectivity index (χ2v) is 6.30. The Balaban J connectivity index is 0.00000220. The van der Waals surface area contributed by atoms with Crippen molar-refractivity contribution in [3.63, 3.8) is 0 Å². The molecule has 21 heavy (non-hydrogen) atoms. The molecule has 2 rings (SSSR count). The minimum absolute atomic E-state index is 0. The lowest BCUT2D eigenvalue weighted by molar-refractivity contribution is -0.198. The van der Waals surface area contributed by atoms with Crippen LogP contribution in [0.15, 0.2) is 16.7 Å². The second kappa shape index (κ2) is 5.99. The molecule has 5 nitrogen and oxygen atoms in total. The van der Waals surface area contributed by atoms with Crippen LogP contribution in [-0.4, -0.2) is 36.6 Å². The maximum Gasteiger partial charge on any atom is 0.257 e. The van der Waals surface area contributed by atoms with E-state index in [1.165, 1.54) is 6.26 Å². The molecule has 0 radical (unpaired) electrons. The molecule has 120 valence electrons. The average molecular weight is 317 g/mol. The summed E-state index contributed by atoms with van der Waals surface area (Å²) in [6.45, 7) is 6.66. The number of methoxy groups -OCH3 is 1. The summed E-state index contributed by atoms with van der Waals surface area (Å²) in [5.41, 5.74) is 5.77. The minimum atomic E-state index is -0.189. The number of hydrogen-bond donors (Lipinski definition) is 1. The molecule has 1 aromatic heterocycles. The molecule has 1 heterocycles. The van der Waals surface area contributed by atoms with E-state index >= 15 is 0 Å². The number of carbonyl (C=O) groups excluding carboxylic acids is 1. The highest BCUT2D eigenvalue weighted by atomic mass is 35.5. The summed E-state index contributed by atoms with van der Waals surface area (Å²) in [5.74, 6) is 0.584. The highest BCUT2D eigenvalue weighted by molar-refractivity contribution is 5.94. The SMILES string of the molecule is COC1(C)CC(N(C)C(=O)c2coc(CN)c2)C1(C)C.Cl. The summed E-state index contributed by atoms with van der Waals surface area (Å²) < 4.78 is 10.8. The van der Waals surface area contributed by atoms with Crippen molar-refractivity contribution in [2.24, 2.45) is 11.1 Å². The number of nitrogens with zero attached hydrogens (tertiary/aromatic N) is 1. The molecule has 2 N–H and O–H groups in total. The van der Waals surface area contributed by atoms with Gasteiger partial charge in [0, 0.05) is 25.6 Å². The number of furan rings is 1. The van der Waals surface area contributed by atoms with Gasteiger partial charge in [-0.05, 0) is 19.4 Å². The van der Waals surface area contributed by atoms with Gasteiger partial charge in [0.2, 0.25) is 0 Å². The van der Waals surface area contributed by atoms with Crippen LogP contribution in [-0.2, 0) is 11.3 Å². The van der Waals surface area contributed by atoms with Crippen molar-refractivity contribution in [1.82, 2.24) is 4.90 Å². The summed E-state index contributed by atoms with van der Waals surface area (Å²) in [5, 5.41) is 0. The number of carbonyl (C=O) groups is 1. The standard InChI is InChI=1S/C15H24N2O3.ClH/c1-14(2)12(7-15(14,3)19-5)17(4)13(18)10-6-11(8-16)20-9-10;/h6,9,12H,7-8,16H2,1-5H3;1H. The lowest BCUT2D eigenvalue weighted by Crippen LogP contribution is -2.68. The summed E-state index contributed by atoms with van der Waals surface area (Å²) >= 11 is 0. The second-order valence-electron chi connectivity index (χ2n) is 6.30. The number of nitrogens with two attached hydrogens (primary N) is 1. The van der Waals surface area contributed by atoms with E-state index in [1.54, 1.807) is 18.1 Å². The zero-order valence-electron chi connectivity index (χ0n) is 13.3. The van der Waals surface area contributed by atoms with E-state index in [9.17, 15) is 4.79 Å². The Morgan fingerprint density at radius 2 is 2.14 bits per heavy atom. The molecule has 0 aromatic carbocycles. The fourth-order valence-electron chi connectivity index (χ4n) is 3.02. The highest BCUT2D eigenvalue weighted by Crippen LogP contribution is 2.53. The van der Waals surface area contributed by atoms with E-state index in [1.807, 2.05) is 7.05 Å². The van der Waals surface area contributed by atoms with Gasteiger partial charge in [0.1, 0.15) is 12.0 Å². The molecule has 1 aliphatic carbocycles. The molecule has 2 unspecified atom stereocenters. The molecule has 1 amide bonds. The van der Waals surface area contributed by atoms with Crippen LogP contribution >= 0.6 is 12.4 Å². The topological polar surface area (TPSA) is 68.7 Å². The maximum atomic E-state index is 12.5. The van der Waals surface area contributed by atoms with Crippen LogP contribution in [0.2, 0.25) is 0 Å². The predicted octanol–water partition coefficient (Wildman–Crippen LogP) is 2.44. The number of ether oxygens (including phenoxy) is 1. The third-order valence-corrected chi connectivity index (χ3v) is 5.12. The summed E-state index contributed by atoms with van der Waals surface area (Å²) in [6, 6.07) is 1.86. The first-order chi connectivity index (χ1) is 9.26. The molecule has 2 atom stereocenters. The van der Waals surface area contributed by atoms with Gasteiger partial charge in [-0.3, -0.25) is 4.79 Å². The van der Waals surface area contributed by atoms with E-state index in [-0.39, 0.29) is 35.4 Å². The monoisotopic (exact) mass is 316 g/mol. The molecule has 1 aromatic rings. The smallest absolute Gasteiger partial charge is 0.257 e. The molecule has 1 aliphatic rings. The third-order valence-electron chi connectivity index (χ3n) is 5.12. The van der Waals surface area contributed by atoms with Gasteiger partial charge in [-0.15, -0.1) is 12.4 Å². The van der Waals surface area contributed by atoms with Gasteiger partial charge in [0.15, 0.2) is 0 Å². The molecule has 0 bridgehead atoms. The first-order valence-electron chi connectivity index (χ1n) is 6.86. The van der Waals surface area contributed by atoms with Crippen LogP contribution in [0.5, 0.6) is 0 Å². The van der Waals surface area contributed by atoms with Crippen molar-refractivity contribution in [2.75, 3.05) is 14.2 Å². The van der Waals surface area contributed by atoms with Gasteiger partial charge < -0.3 is 19.8 Å². The van der Waals surface area contributed by atoms with E-state index in [4.69, 9.17) is 14.9 Å². The number of halogens is 1. The van der Waals surface area contributed by atoms with Crippen molar-refractivity contribution in [2.45, 2.75) is 45.4 Å². The number of amides is 1. The Bertz CT molecular complexity index is 515. The van der Waals surface area contributed by atoms with Gasteiger partial charge in [0.25, 0.3) is 5.91 Å². The van der Waals surface area contributed by atoms with Gasteiger partial charge in [-0.2, -0.15) is 0 Å². The van der Waals surface area contributed by atoms with Crippen molar-refractivity contribution in [3.05, 3.63) is 23.7 Å². The first-order valence-corrected chi connectivity index (χ1v) is 6.86. The molecule has 1 saturated carbocycles. The van der Waals surface area contributed by atoms with E-state index in [2.05, 4.69) is 20.8 Å². The first kappa shape index (κ1) is 18.0. The summed E-state index contributed by atoms with van der Waals surface area (Å²) in [4.78, 5) is 14.3. The van der Waals surface area contributed by atoms with Crippen molar-refractivity contribution in [1.29, 1.82) is 0 Å². The van der Waals surface area contributed by atoms with Crippen LogP contribution in [0.3, 0.4) is 0 Å². The Labute approximate surface area is 132 Å². The average Bonchev–Trinajstić information content (AvgIpc) is 2.91. The van der Waals surface area contributed by atoms with Crippen LogP contribution in [0.4, 0.5) is 0 Å². The zero-order chi connectivity index (χ0) is 15.1. The molecule has 0 aliphatic heterocycles. The maximum absolute atomic E-state index is 12.5. The lowest BCUT2D eigenvalue weighted by Gasteiger charge is -2.61. The molecule has 6 heteroatoms. The fraction of sp³-hybridized carbons (Fsp3) is 0.667. The van der Waals surface area contributed by atoms with Crippen molar-refractivity contribution >= 4 is 18.3 Å². The lowest BCUT2D eigenvalue weighted by atomic mass is 9.55. The molecule has 0 saturated heterocycles. The summed E-state index contributed by atoms with van der Waals surface area (Å²) in [6.07, 6.45) is 2.31. The quantitative estimate of drug-likeness (QED) is 0.926. The highest BCUT2D eigenvalue weighted by Gasteiger charge is 2.59. The van der Waals surface area contributed by atoms with Gasteiger partial charge >= 0.3 is 0 Å². The molecule has 1 fully saturated rings. The number of hydrogen-bond acceptors (Lipinski definition) is 4. The molecular weight excluding hydrogens is 292 g/mol. The normalized spacial score (nSPS) is 26.7. The summed E-state index contributed by atoms with van der Waals surface area (Å²) in [7, 11) is 3.56. The zero-order valence-corrected chi connectivity index (χ0v) is 14.1. The fourth-order valence-corrected chi connectivity index (χ4v) is 3.02. The van der Waals surface area contributed by atoms with E-state index in [0.717, 1.165) is 6.42 Å². The van der Waals surface area contributed by atoms with Crippen LogP contribution in [0.1, 0.15) is 43.3 Å². The van der Waals surface area contributed by atoms with Crippen LogP contribution in [0.25, 0.3) is 0 Å². The van der Waals surface area contributed by atoms with Crippen LogP contribution < -0.4 is 5.73 Å².